The average Bonchev–Trinajstić information content (AvgIpc) is 3.21. The number of unbranched alkanes of at least 4 members (excludes halogenated alkanes) is 10. The minimum Gasteiger partial charge on any atom is -0.341 e. The van der Waals surface area contributed by atoms with E-state index in [1.165, 1.54) is 50.7 Å². The average molecular weight is 1070 g/mol. The summed E-state index contributed by atoms with van der Waals surface area (Å²) in [4.78, 5) is 29.8. The summed E-state index contributed by atoms with van der Waals surface area (Å²) in [6, 6.07) is 26.8. The van der Waals surface area contributed by atoms with Crippen LogP contribution in [-0.2, 0) is 0 Å². The van der Waals surface area contributed by atoms with E-state index in [2.05, 4.69) is 112 Å². The van der Waals surface area contributed by atoms with Crippen LogP contribution in [0.3, 0.4) is 0 Å². The molecular formula is C48H54Br4N4O4. The molecule has 318 valence electrons. The molecule has 60 heavy (non-hydrogen) atoms. The van der Waals surface area contributed by atoms with Gasteiger partial charge in [-0.05, 0) is 111 Å². The van der Waals surface area contributed by atoms with E-state index in [4.69, 9.17) is 0 Å². The van der Waals surface area contributed by atoms with Gasteiger partial charge in [-0.25, -0.2) is 0 Å². The molecule has 0 aromatic heterocycles. The Morgan fingerprint density at radius 3 is 1.13 bits per heavy atom. The van der Waals surface area contributed by atoms with E-state index in [-0.39, 0.29) is 22.5 Å². The van der Waals surface area contributed by atoms with Gasteiger partial charge in [0.15, 0.2) is 0 Å². The smallest absolute Gasteiger partial charge is 0.278 e. The first-order valence-electron chi connectivity index (χ1n) is 21.0. The van der Waals surface area contributed by atoms with Crippen molar-refractivity contribution in [2.45, 2.75) is 105 Å². The quantitative estimate of drug-likeness (QED) is 0.0389. The predicted octanol–water partition coefficient (Wildman–Crippen LogP) is 17.5. The van der Waals surface area contributed by atoms with Crippen molar-refractivity contribution in [3.8, 4) is 22.3 Å². The summed E-state index contributed by atoms with van der Waals surface area (Å²) in [5.41, 5.74) is 6.61. The molecule has 0 saturated carbocycles. The Kier molecular flexibility index (Phi) is 18.2. The van der Waals surface area contributed by atoms with Crippen molar-refractivity contribution in [1.82, 2.24) is 0 Å². The lowest BCUT2D eigenvalue weighted by Crippen LogP contribution is -2.19. The molecule has 0 N–H and O–H groups in total. The van der Waals surface area contributed by atoms with Gasteiger partial charge in [-0.1, -0.05) is 142 Å². The van der Waals surface area contributed by atoms with Crippen LogP contribution in [0.4, 0.5) is 34.1 Å². The van der Waals surface area contributed by atoms with Crippen molar-refractivity contribution < 1.29 is 9.85 Å². The van der Waals surface area contributed by atoms with Gasteiger partial charge in [0.2, 0.25) is 0 Å². The van der Waals surface area contributed by atoms with E-state index in [1.54, 1.807) is 0 Å². The van der Waals surface area contributed by atoms with Crippen molar-refractivity contribution in [3.05, 3.63) is 134 Å². The van der Waals surface area contributed by atoms with Crippen molar-refractivity contribution in [3.63, 3.8) is 0 Å². The molecule has 0 atom stereocenters. The van der Waals surface area contributed by atoms with Gasteiger partial charge < -0.3 is 9.80 Å². The summed E-state index contributed by atoms with van der Waals surface area (Å²) in [6.45, 7) is 9.96. The molecule has 0 aliphatic heterocycles. The van der Waals surface area contributed by atoms with Gasteiger partial charge in [0.05, 0.1) is 21.0 Å². The summed E-state index contributed by atoms with van der Waals surface area (Å²) in [5.74, 6) is 0. The van der Waals surface area contributed by atoms with Crippen molar-refractivity contribution >= 4 is 97.8 Å². The highest BCUT2D eigenvalue weighted by Gasteiger charge is 2.30. The minimum atomic E-state index is -0.437. The second-order valence-corrected chi connectivity index (χ2v) is 19.0. The molecule has 0 bridgehead atoms. The van der Waals surface area contributed by atoms with E-state index < -0.39 is 9.85 Å². The highest BCUT2D eigenvalue weighted by molar-refractivity contribution is 9.11. The summed E-state index contributed by atoms with van der Waals surface area (Å²) in [6.07, 6.45) is 13.7. The van der Waals surface area contributed by atoms with Gasteiger partial charge >= 0.3 is 0 Å². The number of nitro benzene ring substituents is 2. The summed E-state index contributed by atoms with van der Waals surface area (Å²) in [7, 11) is 0. The molecule has 8 nitrogen and oxygen atoms in total. The molecule has 0 radical (unpaired) electrons. The van der Waals surface area contributed by atoms with Crippen molar-refractivity contribution in [2.75, 3.05) is 22.9 Å². The lowest BCUT2D eigenvalue weighted by molar-refractivity contribution is -0.388. The van der Waals surface area contributed by atoms with E-state index >= 15 is 0 Å². The van der Waals surface area contributed by atoms with Gasteiger partial charge in [0.1, 0.15) is 0 Å². The third-order valence-corrected chi connectivity index (χ3v) is 13.4. The number of rotatable bonds is 22. The van der Waals surface area contributed by atoms with Gasteiger partial charge in [-0.15, -0.1) is 0 Å². The Morgan fingerprint density at radius 2 is 0.800 bits per heavy atom. The van der Waals surface area contributed by atoms with Gasteiger partial charge in [-0.3, -0.25) is 20.2 Å². The maximum atomic E-state index is 13.1. The molecule has 0 fully saturated rings. The van der Waals surface area contributed by atoms with Crippen LogP contribution >= 0.6 is 63.7 Å². The molecule has 0 aliphatic carbocycles. The Morgan fingerprint density at radius 1 is 0.467 bits per heavy atom. The lowest BCUT2D eigenvalue weighted by atomic mass is 9.94. The van der Waals surface area contributed by atoms with E-state index in [9.17, 15) is 20.2 Å². The normalized spacial score (nSPS) is 11.2. The third-order valence-electron chi connectivity index (χ3n) is 11.0. The van der Waals surface area contributed by atoms with Crippen LogP contribution in [0, 0.1) is 34.1 Å². The fourth-order valence-corrected chi connectivity index (χ4v) is 9.62. The number of aryl methyl sites for hydroxylation is 2. The van der Waals surface area contributed by atoms with Crippen LogP contribution < -0.4 is 9.80 Å². The number of anilines is 4. The Bertz CT molecular complexity index is 2090. The highest BCUT2D eigenvalue weighted by atomic mass is 79.9. The molecule has 5 aromatic rings. The van der Waals surface area contributed by atoms with Gasteiger partial charge in [-0.2, -0.15) is 0 Å². The fraction of sp³-hybridized carbons (Fsp3) is 0.375. The first-order valence-corrected chi connectivity index (χ1v) is 24.2. The Labute approximate surface area is 389 Å². The first-order chi connectivity index (χ1) is 28.8. The van der Waals surface area contributed by atoms with Crippen LogP contribution in [0.25, 0.3) is 22.3 Å². The number of nitrogens with zero attached hydrogens (tertiary/aromatic N) is 4. The third kappa shape index (κ3) is 12.3. The molecule has 12 heteroatoms. The SMILES string of the molecule is CCCCCCCCN(c1ccc(Br)cc1)c1cc(-c2cc([N+](=O)[O-])c(-c3cc(N(CCCCCCCC)c4ccc(Br)cc4)c(C)cc3Br)cc2[N+](=O)[O-])c(Br)cc1C. The van der Waals surface area contributed by atoms with Crippen LogP contribution in [-0.4, -0.2) is 22.9 Å². The van der Waals surface area contributed by atoms with Crippen LogP contribution in [0.5, 0.6) is 0 Å². The second-order valence-electron chi connectivity index (χ2n) is 15.4. The summed E-state index contributed by atoms with van der Waals surface area (Å²) >= 11 is 14.5. The fourth-order valence-electron chi connectivity index (χ4n) is 7.75. The van der Waals surface area contributed by atoms with E-state index in [0.717, 1.165) is 94.4 Å². The van der Waals surface area contributed by atoms with Crippen LogP contribution in [0.2, 0.25) is 0 Å². The molecule has 0 saturated heterocycles. The Hall–Kier alpha value is -3.58. The maximum Gasteiger partial charge on any atom is 0.278 e. The summed E-state index contributed by atoms with van der Waals surface area (Å²) < 4.78 is 3.16. The lowest BCUT2D eigenvalue weighted by Gasteiger charge is -2.28. The second kappa shape index (κ2) is 23.0. The van der Waals surface area contributed by atoms with E-state index in [1.807, 2.05) is 62.4 Å². The van der Waals surface area contributed by atoms with Gasteiger partial charge in [0.25, 0.3) is 11.4 Å². The standard InChI is InChI=1S/C48H54Br4N4O4/c1-5-7-9-11-13-15-25-53(37-21-17-35(49)18-22-37)45-29-39(43(51)27-33(45)3)41-31-48(56(59)60)42(32-47(41)55(57)58)40-30-46(34(4)28-44(40)52)54(26-16-14-12-10-8-6-2)38-23-19-36(50)20-24-38/h17-24,27-32H,5-16,25-26H2,1-4H3. The summed E-state index contributed by atoms with van der Waals surface area (Å²) in [5, 5.41) is 26.2. The van der Waals surface area contributed by atoms with Crippen molar-refractivity contribution in [2.24, 2.45) is 0 Å². The minimum absolute atomic E-state index is 0.168. The molecule has 5 rings (SSSR count). The molecule has 0 spiro atoms. The number of benzene rings is 5. The first kappa shape index (κ1) is 47.5. The zero-order valence-electron chi connectivity index (χ0n) is 34.9. The number of hydrogen-bond donors (Lipinski definition) is 0. The maximum absolute atomic E-state index is 13.1. The predicted molar refractivity (Wildman–Crippen MR) is 265 cm³/mol. The molecule has 0 amide bonds. The molecule has 0 heterocycles. The van der Waals surface area contributed by atoms with Crippen LogP contribution in [0.1, 0.15) is 102 Å². The molecule has 0 aliphatic rings. The van der Waals surface area contributed by atoms with Gasteiger partial charge in [0, 0.05) is 77.0 Å². The molecular weight excluding hydrogens is 1020 g/mol. The Balaban J connectivity index is 1.63. The van der Waals surface area contributed by atoms with E-state index in [0.29, 0.717) is 20.1 Å². The number of hydrogen-bond acceptors (Lipinski definition) is 6. The van der Waals surface area contributed by atoms with Crippen molar-refractivity contribution in [1.29, 1.82) is 0 Å². The molecule has 5 aromatic carbocycles. The monoisotopic (exact) mass is 1070 g/mol. The highest BCUT2D eigenvalue weighted by Crippen LogP contribution is 2.48. The topological polar surface area (TPSA) is 92.8 Å². The number of nitro groups is 2. The van der Waals surface area contributed by atoms with Crippen LogP contribution in [0.15, 0.2) is 103 Å². The largest absolute Gasteiger partial charge is 0.341 e. The zero-order chi connectivity index (χ0) is 43.3. The number of halogens is 4. The zero-order valence-corrected chi connectivity index (χ0v) is 41.3. The molecule has 0 unspecified atom stereocenters.